The van der Waals surface area contributed by atoms with Crippen LogP contribution in [0, 0.1) is 5.92 Å². The predicted octanol–water partition coefficient (Wildman–Crippen LogP) is 1.78. The molecule has 27 heavy (non-hydrogen) atoms. The highest BCUT2D eigenvalue weighted by molar-refractivity contribution is 7.91. The molecule has 2 aliphatic rings. The van der Waals surface area contributed by atoms with Crippen LogP contribution in [0.2, 0.25) is 0 Å². The average molecular weight is 406 g/mol. The minimum absolute atomic E-state index is 0.00525. The van der Waals surface area contributed by atoms with Crippen molar-refractivity contribution in [3.05, 3.63) is 35.8 Å². The summed E-state index contributed by atoms with van der Waals surface area (Å²) in [6, 6.07) is 7.12. The molecule has 0 spiro atoms. The van der Waals surface area contributed by atoms with Crippen LogP contribution in [0.25, 0.3) is 10.6 Å². The highest BCUT2D eigenvalue weighted by Crippen LogP contribution is 2.28. The van der Waals surface area contributed by atoms with Crippen LogP contribution in [0.15, 0.2) is 35.8 Å². The van der Waals surface area contributed by atoms with Crippen LogP contribution in [-0.2, 0) is 19.4 Å². The molecule has 2 saturated heterocycles. The van der Waals surface area contributed by atoms with Gasteiger partial charge in [0.05, 0.1) is 17.4 Å². The molecule has 9 heteroatoms. The second-order valence-electron chi connectivity index (χ2n) is 6.91. The first kappa shape index (κ1) is 18.1. The third-order valence-corrected chi connectivity index (χ3v) is 7.58. The zero-order valence-corrected chi connectivity index (χ0v) is 16.1. The van der Waals surface area contributed by atoms with E-state index in [-0.39, 0.29) is 42.3 Å². The van der Waals surface area contributed by atoms with E-state index in [2.05, 4.69) is 10.3 Å². The molecule has 3 heterocycles. The Morgan fingerprint density at radius 2 is 2.04 bits per heavy atom. The lowest BCUT2D eigenvalue weighted by molar-refractivity contribution is -0.129. The molecule has 2 aromatic rings. The van der Waals surface area contributed by atoms with Crippen molar-refractivity contribution in [2.75, 3.05) is 23.4 Å². The summed E-state index contributed by atoms with van der Waals surface area (Å²) in [4.78, 5) is 30.6. The molecule has 0 bridgehead atoms. The standard InChI is InChI=1S/C18H19N3O4S2/c22-16-9-13(10-21(16)15-5-8-27(24,25)11-15)17(23)20-14-3-1-12(2-4-14)18-19-6-7-26-18/h1-4,6-7,13,15H,5,8-11H2,(H,20,23)/t13-,15+/m1/s1. The maximum Gasteiger partial charge on any atom is 0.229 e. The van der Waals surface area contributed by atoms with Crippen LogP contribution in [-0.4, -0.2) is 54.2 Å². The Morgan fingerprint density at radius 3 is 2.67 bits per heavy atom. The van der Waals surface area contributed by atoms with Gasteiger partial charge in [-0.05, 0) is 30.7 Å². The minimum atomic E-state index is -3.06. The Morgan fingerprint density at radius 1 is 1.26 bits per heavy atom. The maximum absolute atomic E-state index is 12.5. The van der Waals surface area contributed by atoms with Crippen LogP contribution in [0.3, 0.4) is 0 Å². The van der Waals surface area contributed by atoms with Gasteiger partial charge in [0, 0.05) is 41.8 Å². The summed E-state index contributed by atoms with van der Waals surface area (Å²) in [7, 11) is -3.06. The Kier molecular flexibility index (Phi) is 4.73. The lowest BCUT2D eigenvalue weighted by atomic mass is 10.1. The molecule has 4 rings (SSSR count). The smallest absolute Gasteiger partial charge is 0.229 e. The van der Waals surface area contributed by atoms with E-state index in [1.807, 2.05) is 29.6 Å². The number of aromatic nitrogens is 1. The number of benzene rings is 1. The van der Waals surface area contributed by atoms with Gasteiger partial charge in [-0.3, -0.25) is 9.59 Å². The molecule has 7 nitrogen and oxygen atoms in total. The van der Waals surface area contributed by atoms with Crippen LogP contribution in [0.5, 0.6) is 0 Å². The van der Waals surface area contributed by atoms with Gasteiger partial charge in [0.1, 0.15) is 5.01 Å². The lowest BCUT2D eigenvalue weighted by Gasteiger charge is -2.22. The normalized spacial score (nSPS) is 24.3. The summed E-state index contributed by atoms with van der Waals surface area (Å²) < 4.78 is 23.3. The maximum atomic E-state index is 12.5. The fourth-order valence-electron chi connectivity index (χ4n) is 3.59. The number of thiazole rings is 1. The van der Waals surface area contributed by atoms with Crippen LogP contribution in [0.1, 0.15) is 12.8 Å². The highest BCUT2D eigenvalue weighted by Gasteiger charge is 2.41. The lowest BCUT2D eigenvalue weighted by Crippen LogP contribution is -2.38. The van der Waals surface area contributed by atoms with Gasteiger partial charge in [-0.25, -0.2) is 13.4 Å². The molecule has 2 amide bonds. The number of hydrogen-bond acceptors (Lipinski definition) is 6. The Labute approximate surface area is 161 Å². The number of likely N-dealkylation sites (tertiary alicyclic amines) is 1. The number of carbonyl (C=O) groups is 2. The van der Waals surface area contributed by atoms with Gasteiger partial charge in [-0.1, -0.05) is 0 Å². The SMILES string of the molecule is O=C(Nc1ccc(-c2nccs2)cc1)[C@@H]1CC(=O)N([C@H]2CCS(=O)(=O)C2)C1. The first-order valence-corrected chi connectivity index (χ1v) is 11.4. The second-order valence-corrected chi connectivity index (χ2v) is 10.0. The van der Waals surface area contributed by atoms with E-state index in [0.717, 1.165) is 10.6 Å². The molecule has 0 aliphatic carbocycles. The Hall–Kier alpha value is -2.26. The first-order valence-electron chi connectivity index (χ1n) is 8.72. The molecule has 0 radical (unpaired) electrons. The average Bonchev–Trinajstić information content (AvgIpc) is 3.35. The number of hydrogen-bond donors (Lipinski definition) is 1. The molecular weight excluding hydrogens is 386 g/mol. The van der Waals surface area contributed by atoms with E-state index in [9.17, 15) is 18.0 Å². The number of carbonyl (C=O) groups excluding carboxylic acids is 2. The van der Waals surface area contributed by atoms with Crippen molar-refractivity contribution in [1.29, 1.82) is 0 Å². The number of anilines is 1. The fourth-order valence-corrected chi connectivity index (χ4v) is 5.96. The van der Waals surface area contributed by atoms with E-state index >= 15 is 0 Å². The number of sulfone groups is 1. The predicted molar refractivity (Wildman–Crippen MR) is 103 cm³/mol. The molecule has 1 aromatic heterocycles. The summed E-state index contributed by atoms with van der Waals surface area (Å²) in [6.45, 7) is 0.280. The third kappa shape index (κ3) is 3.89. The largest absolute Gasteiger partial charge is 0.338 e. The van der Waals surface area contributed by atoms with Gasteiger partial charge in [0.25, 0.3) is 0 Å². The molecule has 0 unspecified atom stereocenters. The molecule has 142 valence electrons. The van der Waals surface area contributed by atoms with Crippen molar-refractivity contribution >= 4 is 38.7 Å². The fraction of sp³-hybridized carbons (Fsp3) is 0.389. The van der Waals surface area contributed by atoms with Gasteiger partial charge in [0.2, 0.25) is 11.8 Å². The summed E-state index contributed by atoms with van der Waals surface area (Å²) in [5.41, 5.74) is 1.64. The second kappa shape index (κ2) is 7.05. The first-order chi connectivity index (χ1) is 12.9. The minimum Gasteiger partial charge on any atom is -0.338 e. The van der Waals surface area contributed by atoms with Crippen molar-refractivity contribution in [2.24, 2.45) is 5.92 Å². The number of nitrogens with zero attached hydrogens (tertiary/aromatic N) is 2. The Bertz CT molecular complexity index is 955. The molecule has 1 aromatic carbocycles. The zero-order chi connectivity index (χ0) is 19.0. The van der Waals surface area contributed by atoms with Gasteiger partial charge in [-0.15, -0.1) is 11.3 Å². The quantitative estimate of drug-likeness (QED) is 0.836. The highest BCUT2D eigenvalue weighted by atomic mass is 32.2. The van der Waals surface area contributed by atoms with Gasteiger partial charge in [-0.2, -0.15) is 0 Å². The van der Waals surface area contributed by atoms with Crippen LogP contribution >= 0.6 is 11.3 Å². The zero-order valence-electron chi connectivity index (χ0n) is 14.5. The van der Waals surface area contributed by atoms with E-state index in [1.165, 1.54) is 0 Å². The van der Waals surface area contributed by atoms with Crippen LogP contribution < -0.4 is 5.32 Å². The molecule has 0 saturated carbocycles. The number of amides is 2. The molecule has 1 N–H and O–H groups in total. The van der Waals surface area contributed by atoms with Gasteiger partial charge >= 0.3 is 0 Å². The van der Waals surface area contributed by atoms with E-state index in [0.29, 0.717) is 12.1 Å². The summed E-state index contributed by atoms with van der Waals surface area (Å²) in [5, 5.41) is 5.67. The van der Waals surface area contributed by atoms with Crippen molar-refractivity contribution in [3.8, 4) is 10.6 Å². The van der Waals surface area contributed by atoms with Crippen molar-refractivity contribution in [2.45, 2.75) is 18.9 Å². The van der Waals surface area contributed by atoms with E-state index < -0.39 is 15.8 Å². The molecule has 2 atom stereocenters. The summed E-state index contributed by atoms with van der Waals surface area (Å²) in [6.07, 6.45) is 2.33. The van der Waals surface area contributed by atoms with E-state index in [4.69, 9.17) is 0 Å². The topological polar surface area (TPSA) is 96.4 Å². The summed E-state index contributed by atoms with van der Waals surface area (Å²) in [5.74, 6) is -0.695. The number of nitrogens with one attached hydrogen (secondary N) is 1. The number of rotatable bonds is 4. The van der Waals surface area contributed by atoms with E-state index in [1.54, 1.807) is 22.4 Å². The molecule has 2 fully saturated rings. The summed E-state index contributed by atoms with van der Waals surface area (Å²) >= 11 is 1.54. The third-order valence-electron chi connectivity index (χ3n) is 5.01. The monoisotopic (exact) mass is 405 g/mol. The molecule has 2 aliphatic heterocycles. The van der Waals surface area contributed by atoms with Gasteiger partial charge in [0.15, 0.2) is 9.84 Å². The molecular formula is C18H19N3O4S2. The van der Waals surface area contributed by atoms with Crippen molar-refractivity contribution in [3.63, 3.8) is 0 Å². The van der Waals surface area contributed by atoms with Crippen LogP contribution in [0.4, 0.5) is 5.69 Å². The van der Waals surface area contributed by atoms with Crippen molar-refractivity contribution in [1.82, 2.24) is 9.88 Å². The van der Waals surface area contributed by atoms with Gasteiger partial charge < -0.3 is 10.2 Å². The Balaban J connectivity index is 1.38. The van der Waals surface area contributed by atoms with Crippen molar-refractivity contribution < 1.29 is 18.0 Å².